The summed E-state index contributed by atoms with van der Waals surface area (Å²) in [6, 6.07) is 4.48. The highest BCUT2D eigenvalue weighted by molar-refractivity contribution is 6.31. The van der Waals surface area contributed by atoms with Crippen molar-refractivity contribution >= 4 is 23.3 Å². The first-order valence-corrected chi connectivity index (χ1v) is 9.33. The second-order valence-electron chi connectivity index (χ2n) is 7.46. The lowest BCUT2D eigenvalue weighted by molar-refractivity contribution is -0.158. The number of rotatable bonds is 5. The van der Waals surface area contributed by atoms with Crippen molar-refractivity contribution in [1.82, 2.24) is 0 Å². The fourth-order valence-corrected chi connectivity index (χ4v) is 4.57. The number of nitriles is 1. The third kappa shape index (κ3) is 3.86. The minimum atomic E-state index is -4.72. The summed E-state index contributed by atoms with van der Waals surface area (Å²) in [7, 11) is 1.40. The monoisotopic (exact) mass is 430 g/mol. The van der Waals surface area contributed by atoms with E-state index in [9.17, 15) is 28.3 Å². The lowest BCUT2D eigenvalue weighted by Crippen LogP contribution is -2.57. The molecule has 158 valence electrons. The molecule has 9 heteroatoms. The minimum absolute atomic E-state index is 0.0455. The molecule has 0 aromatic heterocycles. The van der Waals surface area contributed by atoms with E-state index in [1.54, 1.807) is 20.8 Å². The fraction of sp³-hybridized carbons (Fsp3) is 0.550. The number of carbonyl (C=O) groups is 1. The van der Waals surface area contributed by atoms with Gasteiger partial charge in [-0.1, -0.05) is 31.5 Å². The van der Waals surface area contributed by atoms with Gasteiger partial charge in [0.15, 0.2) is 0 Å². The van der Waals surface area contributed by atoms with Gasteiger partial charge in [0.2, 0.25) is 0 Å². The van der Waals surface area contributed by atoms with Gasteiger partial charge in [-0.05, 0) is 30.5 Å². The molecule has 1 aliphatic rings. The van der Waals surface area contributed by atoms with Crippen LogP contribution in [-0.2, 0) is 15.7 Å². The van der Waals surface area contributed by atoms with Gasteiger partial charge in [0, 0.05) is 18.7 Å². The van der Waals surface area contributed by atoms with Gasteiger partial charge >= 0.3 is 12.1 Å². The van der Waals surface area contributed by atoms with E-state index in [0.717, 1.165) is 12.1 Å². The highest BCUT2D eigenvalue weighted by Gasteiger charge is 2.60. The summed E-state index contributed by atoms with van der Waals surface area (Å²) in [4.78, 5) is 17.0. The zero-order chi connectivity index (χ0) is 22.1. The molecule has 4 unspecified atom stereocenters. The number of nitrogens with zero attached hydrogens (tertiary/aromatic N) is 2. The number of aliphatic carboxylic acids is 1. The second-order valence-corrected chi connectivity index (χ2v) is 7.86. The Labute approximate surface area is 172 Å². The Bertz CT molecular complexity index is 864. The maximum Gasteiger partial charge on any atom is 0.417 e. The topological polar surface area (TPSA) is 82.7 Å². The van der Waals surface area contributed by atoms with Crippen molar-refractivity contribution in [2.75, 3.05) is 13.7 Å². The molecule has 2 rings (SSSR count). The zero-order valence-electron chi connectivity index (χ0n) is 16.4. The normalized spacial score (nSPS) is 27.4. The van der Waals surface area contributed by atoms with Crippen LogP contribution in [0.4, 0.5) is 13.2 Å². The van der Waals surface area contributed by atoms with E-state index in [1.165, 1.54) is 13.2 Å². The van der Waals surface area contributed by atoms with E-state index in [1.807, 2.05) is 0 Å². The first-order chi connectivity index (χ1) is 13.4. The minimum Gasteiger partial charge on any atom is -0.481 e. The molecule has 1 aromatic rings. The SMILES string of the molecule is COCC1N=C(C)C(C#N)C(c2ccc(Cl)c(C(F)(F)F)c2)C1(C(=O)O)C(C)C. The average molecular weight is 431 g/mol. The molecule has 0 radical (unpaired) electrons. The van der Waals surface area contributed by atoms with Gasteiger partial charge in [0.1, 0.15) is 5.41 Å². The van der Waals surface area contributed by atoms with Gasteiger partial charge in [-0.25, -0.2) is 0 Å². The van der Waals surface area contributed by atoms with Crippen molar-refractivity contribution in [3.8, 4) is 6.07 Å². The van der Waals surface area contributed by atoms with Gasteiger partial charge in [-0.2, -0.15) is 18.4 Å². The highest BCUT2D eigenvalue weighted by Crippen LogP contribution is 2.54. The molecule has 1 aliphatic heterocycles. The Kier molecular flexibility index (Phi) is 6.65. The molecule has 4 atom stereocenters. The third-order valence-corrected chi connectivity index (χ3v) is 5.98. The average Bonchev–Trinajstić information content (AvgIpc) is 2.60. The Morgan fingerprint density at radius 1 is 1.45 bits per heavy atom. The van der Waals surface area contributed by atoms with Crippen LogP contribution < -0.4 is 0 Å². The smallest absolute Gasteiger partial charge is 0.417 e. The third-order valence-electron chi connectivity index (χ3n) is 5.65. The van der Waals surface area contributed by atoms with Gasteiger partial charge in [-0.15, -0.1) is 0 Å². The number of carboxylic acids is 1. The second kappa shape index (κ2) is 8.33. The predicted molar refractivity (Wildman–Crippen MR) is 102 cm³/mol. The van der Waals surface area contributed by atoms with Crippen molar-refractivity contribution < 1.29 is 27.8 Å². The van der Waals surface area contributed by atoms with Gasteiger partial charge in [-0.3, -0.25) is 9.79 Å². The van der Waals surface area contributed by atoms with Crippen LogP contribution in [0.15, 0.2) is 23.2 Å². The first kappa shape index (κ1) is 23.2. The number of ether oxygens (including phenoxy) is 1. The van der Waals surface area contributed by atoms with E-state index in [4.69, 9.17) is 16.3 Å². The molecule has 0 aliphatic carbocycles. The zero-order valence-corrected chi connectivity index (χ0v) is 17.2. The Hall–Kier alpha value is -2.11. The Balaban J connectivity index is 2.88. The maximum absolute atomic E-state index is 13.4. The molecule has 0 amide bonds. The standard InChI is InChI=1S/C20H22ClF3N2O3/c1-10(2)19(18(27)28)16(9-29-4)26-11(3)13(8-25)17(19)12-5-6-15(21)14(7-12)20(22,23)24/h5-7,10,13,16-17H,9H2,1-4H3,(H,27,28). The van der Waals surface area contributed by atoms with E-state index in [-0.39, 0.29) is 12.2 Å². The number of methoxy groups -OCH3 is 1. The molecular formula is C20H22ClF3N2O3. The van der Waals surface area contributed by atoms with Crippen molar-refractivity contribution in [2.24, 2.45) is 22.2 Å². The van der Waals surface area contributed by atoms with Crippen LogP contribution in [0.25, 0.3) is 0 Å². The number of benzene rings is 1. The summed E-state index contributed by atoms with van der Waals surface area (Å²) in [5, 5.41) is 19.6. The quantitative estimate of drug-likeness (QED) is 0.727. The van der Waals surface area contributed by atoms with Gasteiger partial charge < -0.3 is 9.84 Å². The van der Waals surface area contributed by atoms with E-state index < -0.39 is 51.9 Å². The Morgan fingerprint density at radius 2 is 2.07 bits per heavy atom. The van der Waals surface area contributed by atoms with Crippen LogP contribution in [0.5, 0.6) is 0 Å². The predicted octanol–water partition coefficient (Wildman–Crippen LogP) is 4.80. The number of aliphatic imine (C=N–C) groups is 1. The Morgan fingerprint density at radius 3 is 2.52 bits per heavy atom. The summed E-state index contributed by atoms with van der Waals surface area (Å²) in [5.41, 5.74) is -2.27. The largest absolute Gasteiger partial charge is 0.481 e. The number of halogens is 4. The van der Waals surface area contributed by atoms with E-state index in [0.29, 0.717) is 5.71 Å². The van der Waals surface area contributed by atoms with Crippen LogP contribution in [-0.4, -0.2) is 36.5 Å². The van der Waals surface area contributed by atoms with E-state index in [2.05, 4.69) is 11.1 Å². The highest BCUT2D eigenvalue weighted by atomic mass is 35.5. The molecule has 29 heavy (non-hydrogen) atoms. The molecule has 0 fully saturated rings. The summed E-state index contributed by atoms with van der Waals surface area (Å²) >= 11 is 5.75. The first-order valence-electron chi connectivity index (χ1n) is 8.95. The molecule has 5 nitrogen and oxygen atoms in total. The number of hydrogen-bond acceptors (Lipinski definition) is 4. The molecule has 1 N–H and O–H groups in total. The summed E-state index contributed by atoms with van der Waals surface area (Å²) in [6.45, 7) is 4.86. The summed E-state index contributed by atoms with van der Waals surface area (Å²) in [6.07, 6.45) is -4.72. The van der Waals surface area contributed by atoms with Crippen LogP contribution in [0.3, 0.4) is 0 Å². The molecular weight excluding hydrogens is 409 g/mol. The van der Waals surface area contributed by atoms with Crippen LogP contribution in [0.2, 0.25) is 5.02 Å². The molecule has 1 aromatic carbocycles. The number of alkyl halides is 3. The van der Waals surface area contributed by atoms with Crippen molar-refractivity contribution in [1.29, 1.82) is 5.26 Å². The maximum atomic E-state index is 13.4. The molecule has 0 saturated heterocycles. The number of hydrogen-bond donors (Lipinski definition) is 1. The van der Waals surface area contributed by atoms with Crippen LogP contribution in [0, 0.1) is 28.6 Å². The molecule has 0 spiro atoms. The summed E-state index contributed by atoms with van der Waals surface area (Å²) in [5.74, 6) is -3.87. The van der Waals surface area contributed by atoms with Crippen LogP contribution >= 0.6 is 11.6 Å². The summed E-state index contributed by atoms with van der Waals surface area (Å²) < 4.78 is 45.5. The van der Waals surface area contributed by atoms with Gasteiger partial charge in [0.25, 0.3) is 0 Å². The molecule has 1 heterocycles. The van der Waals surface area contributed by atoms with E-state index >= 15 is 0 Å². The van der Waals surface area contributed by atoms with Crippen molar-refractivity contribution in [2.45, 2.75) is 38.9 Å². The van der Waals surface area contributed by atoms with Crippen molar-refractivity contribution in [3.05, 3.63) is 34.3 Å². The fourth-order valence-electron chi connectivity index (χ4n) is 4.35. The lowest BCUT2D eigenvalue weighted by atomic mass is 9.55. The van der Waals surface area contributed by atoms with Crippen molar-refractivity contribution in [3.63, 3.8) is 0 Å². The molecule has 0 bridgehead atoms. The number of carboxylic acid groups (broad SMARTS) is 1. The lowest BCUT2D eigenvalue weighted by Gasteiger charge is -2.49. The van der Waals surface area contributed by atoms with Crippen LogP contribution in [0.1, 0.15) is 37.8 Å². The molecule has 0 saturated carbocycles. The van der Waals surface area contributed by atoms with Gasteiger partial charge in [0.05, 0.1) is 35.2 Å².